The fraction of sp³-hybridized carbons (Fsp3) is 0.130. The van der Waals surface area contributed by atoms with E-state index in [2.05, 4.69) is 10.5 Å². The summed E-state index contributed by atoms with van der Waals surface area (Å²) in [6.45, 7) is -0.521. The Hall–Kier alpha value is -4.09. The molecule has 0 unspecified atom stereocenters. The predicted molar refractivity (Wildman–Crippen MR) is 126 cm³/mol. The average Bonchev–Trinajstić information content (AvgIpc) is 2.84. The van der Waals surface area contributed by atoms with E-state index in [1.54, 1.807) is 36.4 Å². The van der Waals surface area contributed by atoms with Gasteiger partial charge < -0.3 is 4.74 Å². The second-order valence-corrected chi connectivity index (χ2v) is 9.02. The van der Waals surface area contributed by atoms with Crippen LogP contribution in [-0.4, -0.2) is 43.4 Å². The number of hydrogen-bond donors (Lipinski definition) is 1. The van der Waals surface area contributed by atoms with E-state index in [4.69, 9.17) is 4.74 Å². The van der Waals surface area contributed by atoms with Crippen molar-refractivity contribution >= 4 is 27.8 Å². The quantitative estimate of drug-likeness (QED) is 0.269. The number of hydrogen-bond acceptors (Lipinski definition) is 7. The molecule has 0 aliphatic heterocycles. The molecule has 176 valence electrons. The van der Waals surface area contributed by atoms with Gasteiger partial charge in [-0.3, -0.25) is 14.9 Å². The maximum absolute atomic E-state index is 13.3. The lowest BCUT2D eigenvalue weighted by molar-refractivity contribution is -0.384. The summed E-state index contributed by atoms with van der Waals surface area (Å²) < 4.78 is 32.7. The number of hydrazone groups is 1. The number of nitrogens with one attached hydrogen (secondary N) is 1. The molecule has 0 heterocycles. The van der Waals surface area contributed by atoms with Crippen molar-refractivity contribution in [2.24, 2.45) is 5.10 Å². The summed E-state index contributed by atoms with van der Waals surface area (Å²) in [5.74, 6) is -0.170. The van der Waals surface area contributed by atoms with Crippen LogP contribution in [0.15, 0.2) is 88.9 Å². The average molecular weight is 483 g/mol. The van der Waals surface area contributed by atoms with Crippen LogP contribution < -0.4 is 10.2 Å². The van der Waals surface area contributed by atoms with Crippen LogP contribution in [0.4, 0.5) is 5.69 Å². The number of non-ortho nitro benzene ring substituents is 1. The van der Waals surface area contributed by atoms with Crippen molar-refractivity contribution in [3.05, 3.63) is 100 Å². The summed E-state index contributed by atoms with van der Waals surface area (Å²) in [6.07, 6.45) is 1.24. The molecule has 0 aliphatic carbocycles. The van der Waals surface area contributed by atoms with Crippen molar-refractivity contribution in [1.82, 2.24) is 9.73 Å². The van der Waals surface area contributed by atoms with Crippen molar-refractivity contribution in [2.75, 3.05) is 13.7 Å². The van der Waals surface area contributed by atoms with Gasteiger partial charge in [-0.2, -0.15) is 9.41 Å². The lowest BCUT2D eigenvalue weighted by atomic mass is 10.2. The van der Waals surface area contributed by atoms with Crippen LogP contribution in [-0.2, 0) is 21.4 Å². The lowest BCUT2D eigenvalue weighted by Crippen LogP contribution is -2.39. The molecule has 3 rings (SSSR count). The molecule has 0 aliphatic rings. The normalized spacial score (nSPS) is 11.5. The highest BCUT2D eigenvalue weighted by Crippen LogP contribution is 2.21. The zero-order chi connectivity index (χ0) is 24.6. The molecular weight excluding hydrogens is 460 g/mol. The Morgan fingerprint density at radius 1 is 1.09 bits per heavy atom. The highest BCUT2D eigenvalue weighted by Gasteiger charge is 2.27. The zero-order valence-corrected chi connectivity index (χ0v) is 19.0. The van der Waals surface area contributed by atoms with E-state index in [1.165, 1.54) is 55.8 Å². The summed E-state index contributed by atoms with van der Waals surface area (Å²) in [7, 11) is -2.55. The second-order valence-electron chi connectivity index (χ2n) is 7.08. The Balaban J connectivity index is 1.77. The van der Waals surface area contributed by atoms with Crippen LogP contribution in [0.5, 0.6) is 5.75 Å². The first-order valence-electron chi connectivity index (χ1n) is 10.0. The molecule has 0 radical (unpaired) electrons. The molecule has 3 aromatic carbocycles. The summed E-state index contributed by atoms with van der Waals surface area (Å²) in [6, 6.07) is 20.4. The van der Waals surface area contributed by atoms with Crippen LogP contribution in [0.2, 0.25) is 0 Å². The van der Waals surface area contributed by atoms with Gasteiger partial charge in [-0.1, -0.05) is 42.5 Å². The molecule has 3 aromatic rings. The largest absolute Gasteiger partial charge is 0.497 e. The Kier molecular flexibility index (Phi) is 8.06. The maximum Gasteiger partial charge on any atom is 0.270 e. The second kappa shape index (κ2) is 11.2. The first-order chi connectivity index (χ1) is 16.3. The van der Waals surface area contributed by atoms with E-state index in [1.807, 2.05) is 0 Å². The molecule has 10 nitrogen and oxygen atoms in total. The highest BCUT2D eigenvalue weighted by atomic mass is 32.2. The summed E-state index contributed by atoms with van der Waals surface area (Å²) in [5, 5.41) is 14.7. The van der Waals surface area contributed by atoms with Crippen LogP contribution in [0.3, 0.4) is 0 Å². The number of carbonyl (C=O) groups is 1. The smallest absolute Gasteiger partial charge is 0.270 e. The number of amides is 1. The standard InChI is InChI=1S/C23H22N4O6S/c1-33-21-10-12-22(13-11-21)34(31,32)26(16-18-6-3-2-4-7-18)17-23(28)25-24-15-19-8-5-9-20(14-19)27(29)30/h2-15H,16-17H2,1H3,(H,25,28)/b24-15-. The van der Waals surface area contributed by atoms with E-state index < -0.39 is 27.4 Å². The van der Waals surface area contributed by atoms with Crippen LogP contribution >= 0.6 is 0 Å². The molecule has 0 saturated heterocycles. The SMILES string of the molecule is COc1ccc(S(=O)(=O)N(CC(=O)N/N=C\c2cccc([N+](=O)[O-])c2)Cc2ccccc2)cc1. The number of rotatable bonds is 10. The molecule has 11 heteroatoms. The van der Waals surface area contributed by atoms with E-state index in [0.717, 1.165) is 4.31 Å². The highest BCUT2D eigenvalue weighted by molar-refractivity contribution is 7.89. The van der Waals surface area contributed by atoms with Crippen molar-refractivity contribution in [2.45, 2.75) is 11.4 Å². The van der Waals surface area contributed by atoms with Crippen molar-refractivity contribution in [3.63, 3.8) is 0 Å². The summed E-state index contributed by atoms with van der Waals surface area (Å²) in [5.41, 5.74) is 3.26. The number of ether oxygens (including phenoxy) is 1. The van der Waals surface area contributed by atoms with Crippen LogP contribution in [0.25, 0.3) is 0 Å². The van der Waals surface area contributed by atoms with Crippen molar-refractivity contribution < 1.29 is 22.9 Å². The van der Waals surface area contributed by atoms with Gasteiger partial charge in [-0.15, -0.1) is 0 Å². The Bertz CT molecular complexity index is 1280. The molecule has 0 bridgehead atoms. The van der Waals surface area contributed by atoms with Gasteiger partial charge in [0.25, 0.3) is 11.6 Å². The molecule has 1 amide bonds. The van der Waals surface area contributed by atoms with Crippen LogP contribution in [0, 0.1) is 10.1 Å². The third kappa shape index (κ3) is 6.47. The van der Waals surface area contributed by atoms with Gasteiger partial charge in [-0.05, 0) is 29.8 Å². The first kappa shape index (κ1) is 24.6. The summed E-state index contributed by atoms with van der Waals surface area (Å²) >= 11 is 0. The number of nitro groups is 1. The minimum atomic E-state index is -4.02. The van der Waals surface area contributed by atoms with E-state index >= 15 is 0 Å². The topological polar surface area (TPSA) is 131 Å². The molecule has 34 heavy (non-hydrogen) atoms. The molecule has 1 N–H and O–H groups in total. The van der Waals surface area contributed by atoms with Gasteiger partial charge in [0.1, 0.15) is 5.75 Å². The van der Waals surface area contributed by atoms with Gasteiger partial charge in [0.05, 0.1) is 29.7 Å². The van der Waals surface area contributed by atoms with Crippen LogP contribution in [0.1, 0.15) is 11.1 Å². The van der Waals surface area contributed by atoms with Gasteiger partial charge in [0.2, 0.25) is 10.0 Å². The fourth-order valence-electron chi connectivity index (χ4n) is 3.00. The number of carbonyl (C=O) groups excluding carboxylic acids is 1. The number of benzene rings is 3. The minimum Gasteiger partial charge on any atom is -0.497 e. The van der Waals surface area contributed by atoms with Gasteiger partial charge in [0, 0.05) is 24.2 Å². The van der Waals surface area contributed by atoms with E-state index in [9.17, 15) is 23.3 Å². The molecule has 0 saturated carbocycles. The molecule has 0 spiro atoms. The Morgan fingerprint density at radius 3 is 2.44 bits per heavy atom. The van der Waals surface area contributed by atoms with Crippen molar-refractivity contribution in [1.29, 1.82) is 0 Å². The number of sulfonamides is 1. The molecular formula is C23H22N4O6S. The Labute approximate surface area is 196 Å². The number of nitro benzene ring substituents is 1. The molecule has 0 fully saturated rings. The molecule has 0 atom stereocenters. The first-order valence-corrected chi connectivity index (χ1v) is 11.5. The fourth-order valence-corrected chi connectivity index (χ4v) is 4.39. The predicted octanol–water partition coefficient (Wildman–Crippen LogP) is 2.94. The van der Waals surface area contributed by atoms with Crippen molar-refractivity contribution in [3.8, 4) is 5.75 Å². The van der Waals surface area contributed by atoms with Gasteiger partial charge in [-0.25, -0.2) is 13.8 Å². The lowest BCUT2D eigenvalue weighted by Gasteiger charge is -2.21. The minimum absolute atomic E-state index is 0.0112. The third-order valence-electron chi connectivity index (χ3n) is 4.70. The van der Waals surface area contributed by atoms with E-state index in [0.29, 0.717) is 16.9 Å². The van der Waals surface area contributed by atoms with Gasteiger partial charge >= 0.3 is 0 Å². The monoisotopic (exact) mass is 482 g/mol. The zero-order valence-electron chi connectivity index (χ0n) is 18.2. The third-order valence-corrected chi connectivity index (χ3v) is 6.51. The number of methoxy groups -OCH3 is 1. The Morgan fingerprint density at radius 2 is 1.79 bits per heavy atom. The molecule has 0 aromatic heterocycles. The van der Waals surface area contributed by atoms with E-state index in [-0.39, 0.29) is 17.1 Å². The van der Waals surface area contributed by atoms with Gasteiger partial charge in [0.15, 0.2) is 0 Å². The summed E-state index contributed by atoms with van der Waals surface area (Å²) in [4.78, 5) is 22.9. The number of nitrogens with zero attached hydrogens (tertiary/aromatic N) is 3. The maximum atomic E-state index is 13.3.